The molecule has 0 saturated heterocycles. The lowest BCUT2D eigenvalue weighted by Crippen LogP contribution is -1.87. The van der Waals surface area contributed by atoms with Crippen molar-refractivity contribution in [3.8, 4) is 0 Å². The van der Waals surface area contributed by atoms with Crippen molar-refractivity contribution in [3.63, 3.8) is 0 Å². The quantitative estimate of drug-likeness (QED) is 0.649. The van der Waals surface area contributed by atoms with Gasteiger partial charge in [-0.25, -0.2) is 0 Å². The van der Waals surface area contributed by atoms with Crippen LogP contribution in [0.5, 0.6) is 0 Å². The third kappa shape index (κ3) is 1.37. The van der Waals surface area contributed by atoms with Gasteiger partial charge in [-0.2, -0.15) is 0 Å². The van der Waals surface area contributed by atoms with Crippen LogP contribution in [0.4, 0.5) is 0 Å². The lowest BCUT2D eigenvalue weighted by molar-refractivity contribution is 0.811. The van der Waals surface area contributed by atoms with Crippen LogP contribution in [0.25, 0.3) is 0 Å². The first-order chi connectivity index (χ1) is 4.75. The minimum atomic E-state index is 0.609. The molecule has 0 spiro atoms. The Hall–Kier alpha value is -0.370. The average Bonchev–Trinajstić information content (AvgIpc) is 2.33. The Balaban J connectivity index is 2.90. The number of aromatic nitrogens is 1. The van der Waals surface area contributed by atoms with E-state index in [1.807, 2.05) is 6.20 Å². The molecular weight excluding hydrogens is 142 g/mol. The van der Waals surface area contributed by atoms with E-state index in [1.165, 1.54) is 10.6 Å². The summed E-state index contributed by atoms with van der Waals surface area (Å²) in [5.41, 5.74) is 1.35. The molecule has 1 N–H and O–H groups in total. The molecule has 0 bridgehead atoms. The Morgan fingerprint density at radius 3 is 2.60 bits per heavy atom. The second-order valence-electron chi connectivity index (χ2n) is 2.61. The predicted octanol–water partition coefficient (Wildman–Crippen LogP) is 2.86. The third-order valence-corrected chi connectivity index (χ3v) is 2.33. The van der Waals surface area contributed by atoms with Gasteiger partial charge in [0, 0.05) is 16.8 Å². The highest BCUT2D eigenvalue weighted by atomic mass is 32.2. The number of thioether (sulfide) groups is 1. The normalized spacial score (nSPS) is 10.8. The monoisotopic (exact) mass is 155 g/mol. The van der Waals surface area contributed by atoms with Crippen LogP contribution >= 0.6 is 11.8 Å². The molecule has 0 atom stereocenters. The first-order valence-electron chi connectivity index (χ1n) is 3.47. The largest absolute Gasteiger partial charge is 0.364 e. The maximum absolute atomic E-state index is 3.24. The Kier molecular flexibility index (Phi) is 2.44. The highest BCUT2D eigenvalue weighted by molar-refractivity contribution is 7.98. The van der Waals surface area contributed by atoms with Gasteiger partial charge in [-0.05, 0) is 18.2 Å². The summed E-state index contributed by atoms with van der Waals surface area (Å²) in [6.07, 6.45) is 4.11. The summed E-state index contributed by atoms with van der Waals surface area (Å²) in [7, 11) is 0. The molecule has 1 aromatic heterocycles. The fraction of sp³-hybridized carbons (Fsp3) is 0.500. The molecule has 0 aliphatic carbocycles. The van der Waals surface area contributed by atoms with E-state index in [1.54, 1.807) is 11.8 Å². The van der Waals surface area contributed by atoms with Crippen LogP contribution in [0.15, 0.2) is 17.2 Å². The summed E-state index contributed by atoms with van der Waals surface area (Å²) >= 11 is 1.80. The van der Waals surface area contributed by atoms with Gasteiger partial charge >= 0.3 is 0 Å². The van der Waals surface area contributed by atoms with E-state index >= 15 is 0 Å². The van der Waals surface area contributed by atoms with Gasteiger partial charge in [0.1, 0.15) is 0 Å². The standard InChI is InChI=1S/C8H13NS/c1-6(2)8-7(10-3)4-5-9-8/h4-6,9H,1-3H3. The van der Waals surface area contributed by atoms with Crippen molar-refractivity contribution in [1.29, 1.82) is 0 Å². The highest BCUT2D eigenvalue weighted by Gasteiger charge is 2.04. The molecule has 0 saturated carbocycles. The van der Waals surface area contributed by atoms with Crippen molar-refractivity contribution in [2.45, 2.75) is 24.7 Å². The van der Waals surface area contributed by atoms with Crippen molar-refractivity contribution in [2.24, 2.45) is 0 Å². The zero-order chi connectivity index (χ0) is 7.56. The fourth-order valence-corrected chi connectivity index (χ4v) is 1.72. The first-order valence-corrected chi connectivity index (χ1v) is 4.69. The molecule has 56 valence electrons. The molecule has 1 aromatic rings. The predicted molar refractivity (Wildman–Crippen MR) is 46.7 cm³/mol. The SMILES string of the molecule is CSc1cc[nH]c1C(C)C. The molecule has 2 heteroatoms. The number of hydrogen-bond acceptors (Lipinski definition) is 1. The van der Waals surface area contributed by atoms with Crippen LogP contribution in [0, 0.1) is 0 Å². The van der Waals surface area contributed by atoms with E-state index in [9.17, 15) is 0 Å². The lowest BCUT2D eigenvalue weighted by atomic mass is 10.1. The number of rotatable bonds is 2. The third-order valence-electron chi connectivity index (χ3n) is 1.54. The number of hydrogen-bond donors (Lipinski definition) is 1. The molecule has 0 unspecified atom stereocenters. The van der Waals surface area contributed by atoms with Crippen LogP contribution in [0.3, 0.4) is 0 Å². The summed E-state index contributed by atoms with van der Waals surface area (Å²) in [5.74, 6) is 0.609. The van der Waals surface area contributed by atoms with Crippen LogP contribution in [-0.4, -0.2) is 11.2 Å². The van der Waals surface area contributed by atoms with Crippen molar-refractivity contribution in [1.82, 2.24) is 4.98 Å². The van der Waals surface area contributed by atoms with Crippen LogP contribution < -0.4 is 0 Å². The smallest absolute Gasteiger partial charge is 0.0310 e. The first kappa shape index (κ1) is 7.73. The summed E-state index contributed by atoms with van der Waals surface area (Å²) in [5, 5.41) is 0. The maximum Gasteiger partial charge on any atom is 0.0310 e. The Bertz CT molecular complexity index is 203. The Labute approximate surface area is 66.2 Å². The van der Waals surface area contributed by atoms with Crippen molar-refractivity contribution in [3.05, 3.63) is 18.0 Å². The molecule has 0 aliphatic heterocycles. The summed E-state index contributed by atoms with van der Waals surface area (Å²) in [6.45, 7) is 4.40. The molecular formula is C8H13NS. The number of nitrogens with one attached hydrogen (secondary N) is 1. The Morgan fingerprint density at radius 2 is 2.20 bits per heavy atom. The van der Waals surface area contributed by atoms with Gasteiger partial charge in [0.05, 0.1) is 0 Å². The van der Waals surface area contributed by atoms with Crippen LogP contribution in [0.2, 0.25) is 0 Å². The summed E-state index contributed by atoms with van der Waals surface area (Å²) in [6, 6.07) is 2.12. The molecule has 0 radical (unpaired) electrons. The lowest BCUT2D eigenvalue weighted by Gasteiger charge is -2.03. The zero-order valence-electron chi connectivity index (χ0n) is 6.64. The minimum Gasteiger partial charge on any atom is -0.364 e. The van der Waals surface area contributed by atoms with Gasteiger partial charge in [-0.15, -0.1) is 11.8 Å². The fourth-order valence-electron chi connectivity index (χ4n) is 0.997. The van der Waals surface area contributed by atoms with E-state index in [2.05, 4.69) is 31.2 Å². The summed E-state index contributed by atoms with van der Waals surface area (Å²) in [4.78, 5) is 4.61. The van der Waals surface area contributed by atoms with Gasteiger partial charge in [-0.3, -0.25) is 0 Å². The topological polar surface area (TPSA) is 15.8 Å². The average molecular weight is 155 g/mol. The number of aromatic amines is 1. The second-order valence-corrected chi connectivity index (χ2v) is 3.46. The Morgan fingerprint density at radius 1 is 1.50 bits per heavy atom. The van der Waals surface area contributed by atoms with Crippen molar-refractivity contribution >= 4 is 11.8 Å². The van der Waals surface area contributed by atoms with Gasteiger partial charge < -0.3 is 4.98 Å². The van der Waals surface area contributed by atoms with E-state index in [-0.39, 0.29) is 0 Å². The molecule has 1 rings (SSSR count). The minimum absolute atomic E-state index is 0.609. The van der Waals surface area contributed by atoms with Crippen molar-refractivity contribution < 1.29 is 0 Å². The van der Waals surface area contributed by atoms with Gasteiger partial charge in [0.2, 0.25) is 0 Å². The van der Waals surface area contributed by atoms with E-state index in [4.69, 9.17) is 0 Å². The molecule has 1 nitrogen and oxygen atoms in total. The van der Waals surface area contributed by atoms with Gasteiger partial charge in [0.25, 0.3) is 0 Å². The molecule has 0 aromatic carbocycles. The van der Waals surface area contributed by atoms with Crippen LogP contribution in [-0.2, 0) is 0 Å². The second kappa shape index (κ2) is 3.15. The molecule has 0 amide bonds. The maximum atomic E-state index is 3.24. The van der Waals surface area contributed by atoms with Gasteiger partial charge in [0.15, 0.2) is 0 Å². The zero-order valence-corrected chi connectivity index (χ0v) is 7.46. The van der Waals surface area contributed by atoms with Crippen LogP contribution in [0.1, 0.15) is 25.5 Å². The van der Waals surface area contributed by atoms with E-state index in [0.29, 0.717) is 5.92 Å². The van der Waals surface area contributed by atoms with Gasteiger partial charge in [-0.1, -0.05) is 13.8 Å². The highest BCUT2D eigenvalue weighted by Crippen LogP contribution is 2.24. The van der Waals surface area contributed by atoms with Crippen molar-refractivity contribution in [2.75, 3.05) is 6.26 Å². The molecule has 0 fully saturated rings. The van der Waals surface area contributed by atoms with E-state index < -0.39 is 0 Å². The molecule has 1 heterocycles. The molecule has 0 aliphatic rings. The molecule has 10 heavy (non-hydrogen) atoms. The van der Waals surface area contributed by atoms with E-state index in [0.717, 1.165) is 0 Å². The number of H-pyrrole nitrogens is 1. The summed E-state index contributed by atoms with van der Waals surface area (Å²) < 4.78 is 0.